The zero-order valence-corrected chi connectivity index (χ0v) is 15.2. The van der Waals surface area contributed by atoms with Gasteiger partial charge in [0.25, 0.3) is 5.56 Å². The number of hydrogen-bond donors (Lipinski definition) is 0. The average molecular weight is 369 g/mol. The summed E-state index contributed by atoms with van der Waals surface area (Å²) in [5.74, 6) is 0.126. The third kappa shape index (κ3) is 2.85. The van der Waals surface area contributed by atoms with E-state index >= 15 is 0 Å². The van der Waals surface area contributed by atoms with Crippen LogP contribution in [0.2, 0.25) is 0 Å². The summed E-state index contributed by atoms with van der Waals surface area (Å²) in [6, 6.07) is 12.8. The molecule has 2 atom stereocenters. The molecular weight excluding hydrogens is 350 g/mol. The summed E-state index contributed by atoms with van der Waals surface area (Å²) in [4.78, 5) is 12.5. The van der Waals surface area contributed by atoms with E-state index in [0.717, 1.165) is 23.2 Å². The van der Waals surface area contributed by atoms with E-state index in [0.29, 0.717) is 25.2 Å². The lowest BCUT2D eigenvalue weighted by atomic mass is 9.81. The summed E-state index contributed by atoms with van der Waals surface area (Å²) in [5, 5.41) is 9.18. The largest absolute Gasteiger partial charge is 0.311 e. The molecule has 0 amide bonds. The molecule has 0 N–H and O–H groups in total. The van der Waals surface area contributed by atoms with Crippen molar-refractivity contribution >= 4 is 10.0 Å². The molecule has 3 heterocycles. The second-order valence-electron chi connectivity index (χ2n) is 7.15. The second kappa shape index (κ2) is 6.08. The molecule has 0 aliphatic carbocycles. The molecule has 0 spiro atoms. The second-order valence-corrected chi connectivity index (χ2v) is 9.13. The van der Waals surface area contributed by atoms with Gasteiger partial charge in [0, 0.05) is 42.9 Å². The fourth-order valence-electron chi connectivity index (χ4n) is 4.24. The van der Waals surface area contributed by atoms with Crippen molar-refractivity contribution in [2.24, 2.45) is 5.92 Å². The number of benzene rings is 1. The smallest absolute Gasteiger partial charge is 0.250 e. The van der Waals surface area contributed by atoms with Crippen LogP contribution in [0.1, 0.15) is 23.6 Å². The minimum Gasteiger partial charge on any atom is -0.311 e. The van der Waals surface area contributed by atoms with Crippen molar-refractivity contribution in [1.82, 2.24) is 8.87 Å². The fraction of sp³-hybridized carbons (Fsp3) is 0.368. The van der Waals surface area contributed by atoms with Crippen LogP contribution in [0.5, 0.6) is 0 Å². The van der Waals surface area contributed by atoms with Gasteiger partial charge in [-0.25, -0.2) is 12.7 Å². The molecule has 2 bridgehead atoms. The summed E-state index contributed by atoms with van der Waals surface area (Å²) < 4.78 is 27.4. The molecule has 0 saturated carbocycles. The highest BCUT2D eigenvalue weighted by atomic mass is 32.2. The fourth-order valence-corrected chi connectivity index (χ4v) is 5.17. The number of nitriles is 1. The molecule has 134 valence electrons. The monoisotopic (exact) mass is 369 g/mol. The molecule has 0 radical (unpaired) electrons. The van der Waals surface area contributed by atoms with Gasteiger partial charge in [0.1, 0.15) is 0 Å². The van der Waals surface area contributed by atoms with Crippen molar-refractivity contribution < 1.29 is 8.42 Å². The van der Waals surface area contributed by atoms with Crippen molar-refractivity contribution in [2.45, 2.75) is 18.9 Å². The lowest BCUT2D eigenvalue weighted by Gasteiger charge is -2.42. The maximum absolute atomic E-state index is 12.5. The molecule has 2 aromatic rings. The summed E-state index contributed by atoms with van der Waals surface area (Å²) in [6.07, 6.45) is 2.11. The van der Waals surface area contributed by atoms with Crippen molar-refractivity contribution in [3.8, 4) is 17.2 Å². The molecule has 2 aliphatic rings. The molecule has 4 rings (SSSR count). The Labute approximate surface area is 152 Å². The first-order valence-electron chi connectivity index (χ1n) is 8.56. The van der Waals surface area contributed by atoms with Gasteiger partial charge >= 0.3 is 0 Å². The van der Waals surface area contributed by atoms with Crippen molar-refractivity contribution in [1.29, 1.82) is 5.26 Å². The first-order valence-corrected chi connectivity index (χ1v) is 10.4. The maximum atomic E-state index is 12.5. The molecule has 0 unspecified atom stereocenters. The summed E-state index contributed by atoms with van der Waals surface area (Å²) in [7, 11) is -3.27. The Morgan fingerprint density at radius 1 is 1.15 bits per heavy atom. The summed E-state index contributed by atoms with van der Waals surface area (Å²) >= 11 is 0. The quantitative estimate of drug-likeness (QED) is 0.808. The van der Waals surface area contributed by atoms with E-state index in [1.807, 2.05) is 18.2 Å². The molecule has 1 fully saturated rings. The number of hydrogen-bond acceptors (Lipinski definition) is 4. The van der Waals surface area contributed by atoms with Gasteiger partial charge in [-0.05, 0) is 36.1 Å². The predicted molar refractivity (Wildman–Crippen MR) is 98.1 cm³/mol. The zero-order chi connectivity index (χ0) is 18.5. The van der Waals surface area contributed by atoms with Gasteiger partial charge in [0.15, 0.2) is 0 Å². The topological polar surface area (TPSA) is 83.2 Å². The highest BCUT2D eigenvalue weighted by Gasteiger charge is 2.38. The van der Waals surface area contributed by atoms with E-state index in [4.69, 9.17) is 0 Å². The number of nitrogens with zero attached hydrogens (tertiary/aromatic N) is 3. The number of aromatic nitrogens is 1. The summed E-state index contributed by atoms with van der Waals surface area (Å²) in [6.45, 7) is 1.39. The van der Waals surface area contributed by atoms with Crippen LogP contribution in [-0.2, 0) is 16.6 Å². The van der Waals surface area contributed by atoms with E-state index < -0.39 is 10.0 Å². The van der Waals surface area contributed by atoms with Gasteiger partial charge in [-0.1, -0.05) is 12.1 Å². The molecular formula is C19H19N3O3S. The van der Waals surface area contributed by atoms with E-state index in [-0.39, 0.29) is 17.4 Å². The van der Waals surface area contributed by atoms with E-state index in [1.165, 1.54) is 10.6 Å². The lowest BCUT2D eigenvalue weighted by molar-refractivity contribution is 0.187. The van der Waals surface area contributed by atoms with Gasteiger partial charge in [-0.15, -0.1) is 0 Å². The van der Waals surface area contributed by atoms with Crippen LogP contribution >= 0.6 is 0 Å². The predicted octanol–water partition coefficient (Wildman–Crippen LogP) is 1.77. The van der Waals surface area contributed by atoms with Crippen LogP contribution in [0.4, 0.5) is 0 Å². The van der Waals surface area contributed by atoms with E-state index in [1.54, 1.807) is 22.8 Å². The minimum absolute atomic E-state index is 0.0214. The van der Waals surface area contributed by atoms with Crippen molar-refractivity contribution in [3.05, 3.63) is 58.0 Å². The third-order valence-corrected chi connectivity index (χ3v) is 6.56. The Hall–Kier alpha value is -2.43. The molecule has 7 heteroatoms. The Morgan fingerprint density at radius 3 is 2.69 bits per heavy atom. The Balaban J connectivity index is 1.88. The van der Waals surface area contributed by atoms with Crippen LogP contribution < -0.4 is 5.56 Å². The Morgan fingerprint density at radius 2 is 1.96 bits per heavy atom. The number of rotatable bonds is 2. The first kappa shape index (κ1) is 17.0. The average Bonchev–Trinajstić information content (AvgIpc) is 2.61. The van der Waals surface area contributed by atoms with Crippen molar-refractivity contribution in [3.63, 3.8) is 0 Å². The van der Waals surface area contributed by atoms with E-state index in [2.05, 4.69) is 6.07 Å². The van der Waals surface area contributed by atoms with Gasteiger partial charge in [-0.3, -0.25) is 4.79 Å². The van der Waals surface area contributed by atoms with Crippen LogP contribution in [-0.4, -0.2) is 36.6 Å². The number of sulfonamides is 1. The van der Waals surface area contributed by atoms with Gasteiger partial charge < -0.3 is 4.57 Å². The molecule has 2 aliphatic heterocycles. The number of fused-ring (bicyclic) bond motifs is 4. The molecule has 6 nitrogen and oxygen atoms in total. The van der Waals surface area contributed by atoms with Crippen LogP contribution in [0.25, 0.3) is 11.1 Å². The van der Waals surface area contributed by atoms with Crippen LogP contribution in [0, 0.1) is 17.2 Å². The van der Waals surface area contributed by atoms with Gasteiger partial charge in [-0.2, -0.15) is 5.26 Å². The van der Waals surface area contributed by atoms with Gasteiger partial charge in [0.2, 0.25) is 10.0 Å². The highest BCUT2D eigenvalue weighted by molar-refractivity contribution is 7.88. The van der Waals surface area contributed by atoms with Gasteiger partial charge in [0.05, 0.1) is 17.9 Å². The molecule has 26 heavy (non-hydrogen) atoms. The van der Waals surface area contributed by atoms with Crippen molar-refractivity contribution in [2.75, 3.05) is 19.3 Å². The zero-order valence-electron chi connectivity index (χ0n) is 14.4. The van der Waals surface area contributed by atoms with E-state index in [9.17, 15) is 18.5 Å². The molecule has 1 saturated heterocycles. The minimum atomic E-state index is -3.27. The third-order valence-electron chi connectivity index (χ3n) is 5.33. The SMILES string of the molecule is CS(=O)(=O)N1C[C@H]2C[C@H](C1)c1c(-c3cccc(C#N)c3)ccc(=O)n1C2. The van der Waals surface area contributed by atoms with Crippen LogP contribution in [0.15, 0.2) is 41.2 Å². The summed E-state index contributed by atoms with van der Waals surface area (Å²) in [5.41, 5.74) is 3.17. The van der Waals surface area contributed by atoms with Crippen LogP contribution in [0.3, 0.4) is 0 Å². The number of piperidine rings is 1. The molecule has 1 aromatic heterocycles. The Bertz CT molecular complexity index is 1080. The normalized spacial score (nSPS) is 22.5. The first-order chi connectivity index (χ1) is 12.4. The highest BCUT2D eigenvalue weighted by Crippen LogP contribution is 2.40. The molecule has 1 aromatic carbocycles. The lowest BCUT2D eigenvalue weighted by Crippen LogP contribution is -2.49. The maximum Gasteiger partial charge on any atom is 0.250 e. The number of pyridine rings is 1. The standard InChI is InChI=1S/C19H19N3O3S/c1-26(24,25)21-10-14-8-16(12-21)19-17(5-6-18(23)22(19)11-14)15-4-2-3-13(7-15)9-20/h2-7,14,16H,8,10-12H2,1H3/t14-,16-/m1/s1. The Kier molecular flexibility index (Phi) is 3.98.